The van der Waals surface area contributed by atoms with Crippen molar-refractivity contribution in [1.29, 1.82) is 0 Å². The van der Waals surface area contributed by atoms with Crippen molar-refractivity contribution in [2.24, 2.45) is 0 Å². The zero-order valence-corrected chi connectivity index (χ0v) is 11.9. The van der Waals surface area contributed by atoms with Crippen molar-refractivity contribution in [2.45, 2.75) is 24.9 Å². The lowest BCUT2D eigenvalue weighted by molar-refractivity contribution is 0.0471. The number of benzene rings is 2. The van der Waals surface area contributed by atoms with Crippen molar-refractivity contribution in [3.63, 3.8) is 0 Å². The molecule has 2 aliphatic rings. The molecule has 0 aromatic heterocycles. The number of hydrogen-bond acceptors (Lipinski definition) is 3. The van der Waals surface area contributed by atoms with Crippen LogP contribution in [0.3, 0.4) is 0 Å². The summed E-state index contributed by atoms with van der Waals surface area (Å²) in [6.45, 7) is 0. The van der Waals surface area contributed by atoms with Gasteiger partial charge in [-0.3, -0.25) is 4.79 Å². The van der Waals surface area contributed by atoms with Gasteiger partial charge in [-0.25, -0.2) is 0 Å². The second kappa shape index (κ2) is 4.35. The maximum Gasteiger partial charge on any atom is 0.170 e. The smallest absolute Gasteiger partial charge is 0.170 e. The predicted molar refractivity (Wildman–Crippen MR) is 79.2 cm³/mol. The molecule has 0 fully saturated rings. The molecule has 0 atom stereocenters. The SMILES string of the molecule is COc1ccc2c(c1)C(=O)CC1(Cc3ccccc3C1)O2. The van der Waals surface area contributed by atoms with Crippen LogP contribution in [0.5, 0.6) is 11.5 Å². The minimum atomic E-state index is -0.400. The fourth-order valence-corrected chi connectivity index (χ4v) is 3.46. The van der Waals surface area contributed by atoms with Crippen molar-refractivity contribution < 1.29 is 14.3 Å². The van der Waals surface area contributed by atoms with Gasteiger partial charge in [0.05, 0.1) is 19.1 Å². The third-order valence-corrected chi connectivity index (χ3v) is 4.44. The van der Waals surface area contributed by atoms with Gasteiger partial charge < -0.3 is 9.47 Å². The molecule has 3 heteroatoms. The number of rotatable bonds is 1. The number of methoxy groups -OCH3 is 1. The highest BCUT2D eigenvalue weighted by Gasteiger charge is 2.45. The first-order valence-corrected chi connectivity index (χ1v) is 7.16. The highest BCUT2D eigenvalue weighted by atomic mass is 16.5. The van der Waals surface area contributed by atoms with Crippen LogP contribution in [0, 0.1) is 0 Å². The Bertz CT molecular complexity index is 708. The molecule has 0 saturated heterocycles. The number of ether oxygens (including phenoxy) is 2. The third-order valence-electron chi connectivity index (χ3n) is 4.44. The van der Waals surface area contributed by atoms with Gasteiger partial charge in [-0.1, -0.05) is 24.3 Å². The van der Waals surface area contributed by atoms with E-state index in [4.69, 9.17) is 9.47 Å². The number of ketones is 1. The summed E-state index contributed by atoms with van der Waals surface area (Å²) < 4.78 is 11.4. The number of fused-ring (bicyclic) bond motifs is 2. The molecule has 2 aromatic rings. The van der Waals surface area contributed by atoms with Gasteiger partial charge in [-0.15, -0.1) is 0 Å². The fraction of sp³-hybridized carbons (Fsp3) is 0.278. The number of carbonyl (C=O) groups is 1. The van der Waals surface area contributed by atoms with Gasteiger partial charge >= 0.3 is 0 Å². The summed E-state index contributed by atoms with van der Waals surface area (Å²) in [5.41, 5.74) is 2.82. The zero-order chi connectivity index (χ0) is 14.4. The van der Waals surface area contributed by atoms with Crippen LogP contribution < -0.4 is 9.47 Å². The number of carbonyl (C=O) groups excluding carboxylic acids is 1. The molecule has 0 radical (unpaired) electrons. The molecule has 3 nitrogen and oxygen atoms in total. The van der Waals surface area contributed by atoms with E-state index in [1.807, 2.05) is 24.3 Å². The van der Waals surface area contributed by atoms with E-state index in [1.54, 1.807) is 13.2 Å². The highest BCUT2D eigenvalue weighted by Crippen LogP contribution is 2.42. The topological polar surface area (TPSA) is 35.5 Å². The van der Waals surface area contributed by atoms with Crippen LogP contribution in [0.1, 0.15) is 27.9 Å². The Morgan fingerprint density at radius 2 is 1.76 bits per heavy atom. The lowest BCUT2D eigenvalue weighted by atomic mass is 9.87. The Labute approximate surface area is 123 Å². The molecule has 0 amide bonds. The number of Topliss-reactive ketones (excluding diaryl/α,β-unsaturated/α-hetero) is 1. The van der Waals surface area contributed by atoms with Crippen LogP contribution in [0.25, 0.3) is 0 Å². The van der Waals surface area contributed by atoms with E-state index in [0.717, 1.165) is 12.8 Å². The molecule has 0 unspecified atom stereocenters. The highest BCUT2D eigenvalue weighted by molar-refractivity contribution is 6.00. The van der Waals surface area contributed by atoms with Crippen molar-refractivity contribution in [2.75, 3.05) is 7.11 Å². The van der Waals surface area contributed by atoms with Crippen LogP contribution in [0.15, 0.2) is 42.5 Å². The summed E-state index contributed by atoms with van der Waals surface area (Å²) in [7, 11) is 1.60. The fourth-order valence-electron chi connectivity index (χ4n) is 3.46. The monoisotopic (exact) mass is 280 g/mol. The van der Waals surface area contributed by atoms with E-state index >= 15 is 0 Å². The molecule has 1 aliphatic heterocycles. The van der Waals surface area contributed by atoms with Crippen LogP contribution in [0.2, 0.25) is 0 Å². The summed E-state index contributed by atoms with van der Waals surface area (Å²) in [5, 5.41) is 0. The minimum absolute atomic E-state index is 0.142. The normalized spacial score (nSPS) is 18.0. The Kier molecular flexibility index (Phi) is 2.58. The van der Waals surface area contributed by atoms with Crippen LogP contribution in [-0.2, 0) is 12.8 Å². The number of hydrogen-bond donors (Lipinski definition) is 0. The summed E-state index contributed by atoms with van der Waals surface area (Å²) in [6, 6.07) is 13.8. The van der Waals surface area contributed by atoms with Crippen LogP contribution in [0.4, 0.5) is 0 Å². The van der Waals surface area contributed by atoms with E-state index in [0.29, 0.717) is 23.5 Å². The Morgan fingerprint density at radius 1 is 1.05 bits per heavy atom. The van der Waals surface area contributed by atoms with E-state index in [9.17, 15) is 4.79 Å². The molecular formula is C18H16O3. The standard InChI is InChI=1S/C18H16O3/c1-20-14-6-7-17-15(8-14)16(19)11-18(21-17)9-12-4-2-3-5-13(12)10-18/h2-8H,9-11H2,1H3. The molecular weight excluding hydrogens is 264 g/mol. The molecule has 2 aromatic carbocycles. The minimum Gasteiger partial charge on any atom is -0.497 e. The van der Waals surface area contributed by atoms with Gasteiger partial charge in [0, 0.05) is 12.8 Å². The maximum atomic E-state index is 12.5. The van der Waals surface area contributed by atoms with E-state index < -0.39 is 5.60 Å². The second-order valence-corrected chi connectivity index (χ2v) is 5.87. The third kappa shape index (κ3) is 1.92. The molecule has 4 rings (SSSR count). The van der Waals surface area contributed by atoms with Gasteiger partial charge in [0.25, 0.3) is 0 Å². The van der Waals surface area contributed by atoms with E-state index in [2.05, 4.69) is 12.1 Å². The average molecular weight is 280 g/mol. The average Bonchev–Trinajstić information content (AvgIpc) is 2.84. The van der Waals surface area contributed by atoms with Crippen LogP contribution >= 0.6 is 0 Å². The second-order valence-electron chi connectivity index (χ2n) is 5.87. The summed E-state index contributed by atoms with van der Waals surface area (Å²) in [5.74, 6) is 1.51. The maximum absolute atomic E-state index is 12.5. The largest absolute Gasteiger partial charge is 0.497 e. The van der Waals surface area contributed by atoms with E-state index in [1.165, 1.54) is 11.1 Å². The molecule has 1 aliphatic carbocycles. The lowest BCUT2D eigenvalue weighted by Crippen LogP contribution is -2.42. The zero-order valence-electron chi connectivity index (χ0n) is 11.9. The van der Waals surface area contributed by atoms with Crippen molar-refractivity contribution in [3.05, 3.63) is 59.2 Å². The molecule has 0 N–H and O–H groups in total. The Balaban J connectivity index is 1.72. The van der Waals surface area contributed by atoms with Gasteiger partial charge in [-0.2, -0.15) is 0 Å². The van der Waals surface area contributed by atoms with Gasteiger partial charge in [0.1, 0.15) is 17.1 Å². The quantitative estimate of drug-likeness (QED) is 0.804. The van der Waals surface area contributed by atoms with Gasteiger partial charge in [0.15, 0.2) is 5.78 Å². The predicted octanol–water partition coefficient (Wildman–Crippen LogP) is 3.20. The van der Waals surface area contributed by atoms with E-state index in [-0.39, 0.29) is 5.78 Å². The molecule has 1 heterocycles. The summed E-state index contributed by atoms with van der Waals surface area (Å²) in [6.07, 6.45) is 2.04. The van der Waals surface area contributed by atoms with Crippen LogP contribution in [-0.4, -0.2) is 18.5 Å². The first kappa shape index (κ1) is 12.5. The Hall–Kier alpha value is -2.29. The van der Waals surface area contributed by atoms with Crippen molar-refractivity contribution in [3.8, 4) is 11.5 Å². The summed E-state index contributed by atoms with van der Waals surface area (Å²) >= 11 is 0. The summed E-state index contributed by atoms with van der Waals surface area (Å²) in [4.78, 5) is 12.5. The van der Waals surface area contributed by atoms with Gasteiger partial charge in [-0.05, 0) is 29.3 Å². The molecule has 21 heavy (non-hydrogen) atoms. The first-order valence-electron chi connectivity index (χ1n) is 7.16. The lowest BCUT2D eigenvalue weighted by Gasteiger charge is -2.34. The molecule has 1 spiro atoms. The molecule has 0 bridgehead atoms. The van der Waals surface area contributed by atoms with Gasteiger partial charge in [0.2, 0.25) is 0 Å². The van der Waals surface area contributed by atoms with Crippen molar-refractivity contribution >= 4 is 5.78 Å². The molecule has 0 saturated carbocycles. The Morgan fingerprint density at radius 3 is 2.43 bits per heavy atom. The first-order chi connectivity index (χ1) is 10.2. The molecule has 106 valence electrons. The van der Waals surface area contributed by atoms with Crippen molar-refractivity contribution in [1.82, 2.24) is 0 Å².